The number of ether oxygens (including phenoxy) is 1. The van der Waals surface area contributed by atoms with Gasteiger partial charge in [0, 0.05) is 39.3 Å². The number of methoxy groups -OCH3 is 1. The third kappa shape index (κ3) is 7.49. The van der Waals surface area contributed by atoms with E-state index < -0.39 is 6.04 Å². The zero-order chi connectivity index (χ0) is 23.6. The smallest absolute Gasteiger partial charge is 0.315 e. The van der Waals surface area contributed by atoms with Crippen LogP contribution >= 0.6 is 0 Å². The van der Waals surface area contributed by atoms with Crippen molar-refractivity contribution < 1.29 is 14.3 Å². The van der Waals surface area contributed by atoms with Crippen LogP contribution in [0.5, 0.6) is 5.75 Å². The Morgan fingerprint density at radius 2 is 1.61 bits per heavy atom. The molecule has 7 heteroatoms. The predicted octanol–water partition coefficient (Wildman–Crippen LogP) is 2.91. The molecule has 1 saturated heterocycles. The number of carbonyl (C=O) groups excluding carboxylic acids is 2. The number of carbonyl (C=O) groups is 2. The van der Waals surface area contributed by atoms with Gasteiger partial charge in [-0.3, -0.25) is 9.69 Å². The van der Waals surface area contributed by atoms with Gasteiger partial charge in [0.05, 0.1) is 7.11 Å². The van der Waals surface area contributed by atoms with Gasteiger partial charge in [-0.15, -0.1) is 0 Å². The molecule has 33 heavy (non-hydrogen) atoms. The quantitative estimate of drug-likeness (QED) is 0.614. The summed E-state index contributed by atoms with van der Waals surface area (Å²) in [6, 6.07) is 17.0. The van der Waals surface area contributed by atoms with E-state index >= 15 is 0 Å². The Morgan fingerprint density at radius 1 is 0.939 bits per heavy atom. The molecule has 3 rings (SSSR count). The van der Waals surface area contributed by atoms with E-state index in [-0.39, 0.29) is 17.9 Å². The van der Waals surface area contributed by atoms with Crippen molar-refractivity contribution in [2.24, 2.45) is 5.92 Å². The Bertz CT molecular complexity index is 878. The molecule has 0 bridgehead atoms. The number of hydrogen-bond donors (Lipinski definition) is 2. The van der Waals surface area contributed by atoms with Gasteiger partial charge in [-0.1, -0.05) is 56.3 Å². The maximum absolute atomic E-state index is 13.1. The lowest BCUT2D eigenvalue weighted by Gasteiger charge is -2.37. The highest BCUT2D eigenvalue weighted by molar-refractivity contribution is 5.87. The Balaban J connectivity index is 1.44. The van der Waals surface area contributed by atoms with Crippen molar-refractivity contribution in [2.45, 2.75) is 32.9 Å². The van der Waals surface area contributed by atoms with Crippen molar-refractivity contribution in [3.05, 3.63) is 65.7 Å². The fraction of sp³-hybridized carbons (Fsp3) is 0.462. The summed E-state index contributed by atoms with van der Waals surface area (Å²) < 4.78 is 5.21. The summed E-state index contributed by atoms with van der Waals surface area (Å²) in [5.41, 5.74) is 2.30. The number of urea groups is 1. The number of rotatable bonds is 9. The van der Waals surface area contributed by atoms with E-state index in [9.17, 15) is 9.59 Å². The van der Waals surface area contributed by atoms with E-state index in [0.717, 1.165) is 37.4 Å². The fourth-order valence-corrected chi connectivity index (χ4v) is 3.95. The molecule has 2 N–H and O–H groups in total. The second-order valence-corrected chi connectivity index (χ2v) is 8.80. The van der Waals surface area contributed by atoms with Crippen LogP contribution in [0.3, 0.4) is 0 Å². The number of piperazine rings is 1. The fourth-order valence-electron chi connectivity index (χ4n) is 3.95. The Kier molecular flexibility index (Phi) is 9.13. The topological polar surface area (TPSA) is 73.9 Å². The second kappa shape index (κ2) is 12.3. The van der Waals surface area contributed by atoms with Crippen LogP contribution in [0.2, 0.25) is 0 Å². The summed E-state index contributed by atoms with van der Waals surface area (Å²) in [6.07, 6.45) is 0.968. The molecule has 3 amide bonds. The molecule has 1 atom stereocenters. The van der Waals surface area contributed by atoms with Crippen LogP contribution in [0.4, 0.5) is 4.79 Å². The second-order valence-electron chi connectivity index (χ2n) is 8.80. The normalized spacial score (nSPS) is 15.2. The van der Waals surface area contributed by atoms with Crippen LogP contribution in [-0.4, -0.2) is 67.6 Å². The minimum Gasteiger partial charge on any atom is -0.497 e. The van der Waals surface area contributed by atoms with Crippen LogP contribution < -0.4 is 15.4 Å². The first-order valence-electron chi connectivity index (χ1n) is 11.7. The Morgan fingerprint density at radius 3 is 2.21 bits per heavy atom. The average Bonchev–Trinajstić information content (AvgIpc) is 2.85. The van der Waals surface area contributed by atoms with Crippen LogP contribution in [0.15, 0.2) is 54.6 Å². The first kappa shape index (κ1) is 24.6. The molecule has 0 aromatic heterocycles. The van der Waals surface area contributed by atoms with Gasteiger partial charge in [-0.25, -0.2) is 4.79 Å². The van der Waals surface area contributed by atoms with Crippen molar-refractivity contribution in [1.82, 2.24) is 20.4 Å². The molecule has 1 unspecified atom stereocenters. The number of hydrogen-bond acceptors (Lipinski definition) is 4. The third-order valence-electron chi connectivity index (χ3n) is 6.07. The first-order valence-corrected chi connectivity index (χ1v) is 11.7. The molecule has 2 aromatic rings. The van der Waals surface area contributed by atoms with Gasteiger partial charge in [-0.05, 0) is 35.6 Å². The molecule has 2 aromatic carbocycles. The molecule has 1 heterocycles. The maximum Gasteiger partial charge on any atom is 0.315 e. The van der Waals surface area contributed by atoms with Gasteiger partial charge in [-0.2, -0.15) is 0 Å². The van der Waals surface area contributed by atoms with E-state index in [1.807, 2.05) is 61.2 Å². The molecule has 7 nitrogen and oxygen atoms in total. The van der Waals surface area contributed by atoms with E-state index in [1.165, 1.54) is 5.56 Å². The Labute approximate surface area is 197 Å². The van der Waals surface area contributed by atoms with Gasteiger partial charge in [0.25, 0.3) is 0 Å². The lowest BCUT2D eigenvalue weighted by Crippen LogP contribution is -2.57. The van der Waals surface area contributed by atoms with Crippen LogP contribution in [0, 0.1) is 5.92 Å². The molecule has 0 radical (unpaired) electrons. The molecule has 0 saturated carbocycles. The van der Waals surface area contributed by atoms with Gasteiger partial charge >= 0.3 is 6.03 Å². The molecule has 1 fully saturated rings. The number of nitrogens with one attached hydrogen (secondary N) is 2. The summed E-state index contributed by atoms with van der Waals surface area (Å²) in [5.74, 6) is 0.871. The summed E-state index contributed by atoms with van der Waals surface area (Å²) in [5, 5.41) is 5.74. The van der Waals surface area contributed by atoms with Crippen molar-refractivity contribution in [3.8, 4) is 5.75 Å². The first-order chi connectivity index (χ1) is 16.0. The van der Waals surface area contributed by atoms with Crippen LogP contribution in [-0.2, 0) is 17.8 Å². The molecular weight excluding hydrogens is 416 g/mol. The summed E-state index contributed by atoms with van der Waals surface area (Å²) >= 11 is 0. The van der Waals surface area contributed by atoms with E-state index in [1.54, 1.807) is 7.11 Å². The zero-order valence-electron chi connectivity index (χ0n) is 19.9. The van der Waals surface area contributed by atoms with Crippen molar-refractivity contribution in [2.75, 3.05) is 39.8 Å². The minimum atomic E-state index is -0.536. The van der Waals surface area contributed by atoms with E-state index in [4.69, 9.17) is 4.74 Å². The molecule has 0 aliphatic carbocycles. The number of nitrogens with zero attached hydrogens (tertiary/aromatic N) is 2. The van der Waals surface area contributed by atoms with E-state index in [2.05, 4.69) is 27.7 Å². The number of benzene rings is 2. The SMILES string of the molecule is COc1ccc(CCN2CCN(C(=O)C(NC(=O)NCc3ccccc3)C(C)C)CC2)cc1. The summed E-state index contributed by atoms with van der Waals surface area (Å²) in [4.78, 5) is 29.8. The highest BCUT2D eigenvalue weighted by Gasteiger charge is 2.30. The molecule has 0 spiro atoms. The molecular formula is C26H36N4O3. The standard InChI is InChI=1S/C26H36N4O3/c1-20(2)24(28-26(32)27-19-22-7-5-4-6-8-22)25(31)30-17-15-29(16-18-30)14-13-21-9-11-23(33-3)12-10-21/h4-12,20,24H,13-19H2,1-3H3,(H2,27,28,32). The number of amides is 3. The summed E-state index contributed by atoms with van der Waals surface area (Å²) in [7, 11) is 1.67. The lowest BCUT2D eigenvalue weighted by molar-refractivity contribution is -0.136. The van der Waals surface area contributed by atoms with Crippen molar-refractivity contribution in [3.63, 3.8) is 0 Å². The molecule has 1 aliphatic heterocycles. The van der Waals surface area contributed by atoms with Crippen molar-refractivity contribution >= 4 is 11.9 Å². The maximum atomic E-state index is 13.1. The highest BCUT2D eigenvalue weighted by atomic mass is 16.5. The largest absolute Gasteiger partial charge is 0.497 e. The van der Waals surface area contributed by atoms with Crippen LogP contribution in [0.1, 0.15) is 25.0 Å². The summed E-state index contributed by atoms with van der Waals surface area (Å²) in [6.45, 7) is 8.35. The van der Waals surface area contributed by atoms with Crippen LogP contribution in [0.25, 0.3) is 0 Å². The lowest BCUT2D eigenvalue weighted by atomic mass is 10.0. The molecule has 178 valence electrons. The Hall–Kier alpha value is -3.06. The van der Waals surface area contributed by atoms with Gasteiger partial charge in [0.1, 0.15) is 11.8 Å². The molecule has 1 aliphatic rings. The van der Waals surface area contributed by atoms with Gasteiger partial charge in [0.15, 0.2) is 0 Å². The predicted molar refractivity (Wildman–Crippen MR) is 130 cm³/mol. The van der Waals surface area contributed by atoms with Gasteiger partial charge < -0.3 is 20.3 Å². The third-order valence-corrected chi connectivity index (χ3v) is 6.07. The average molecular weight is 453 g/mol. The van der Waals surface area contributed by atoms with E-state index in [0.29, 0.717) is 19.6 Å². The van der Waals surface area contributed by atoms with Gasteiger partial charge in [0.2, 0.25) is 5.91 Å². The highest BCUT2D eigenvalue weighted by Crippen LogP contribution is 2.14. The monoisotopic (exact) mass is 452 g/mol. The van der Waals surface area contributed by atoms with Crippen molar-refractivity contribution in [1.29, 1.82) is 0 Å². The minimum absolute atomic E-state index is 0.00494. The zero-order valence-corrected chi connectivity index (χ0v) is 19.9.